The highest BCUT2D eigenvalue weighted by molar-refractivity contribution is 5.78. The van der Waals surface area contributed by atoms with E-state index in [2.05, 4.69) is 34.8 Å². The van der Waals surface area contributed by atoms with E-state index >= 15 is 0 Å². The Hall–Kier alpha value is -2.15. The summed E-state index contributed by atoms with van der Waals surface area (Å²) < 4.78 is 0. The zero-order chi connectivity index (χ0) is 13.0. The van der Waals surface area contributed by atoms with Crippen LogP contribution in [0.15, 0.2) is 30.5 Å². The Kier molecular flexibility index (Phi) is 3.73. The Bertz CT molecular complexity index is 571. The maximum atomic E-state index is 8.70. The van der Waals surface area contributed by atoms with Crippen LogP contribution in [0, 0.1) is 11.3 Å². The van der Waals surface area contributed by atoms with Crippen molar-refractivity contribution in [3.63, 3.8) is 0 Å². The zero-order valence-electron chi connectivity index (χ0n) is 10.7. The number of nitriles is 1. The number of hydrogen-bond acceptors (Lipinski definition) is 4. The van der Waals surface area contributed by atoms with E-state index in [0.29, 0.717) is 18.9 Å². The molecule has 2 aromatic rings. The lowest BCUT2D eigenvalue weighted by molar-refractivity contribution is 0.667. The Balaban J connectivity index is 2.35. The number of rotatable bonds is 4. The zero-order valence-corrected chi connectivity index (χ0v) is 10.7. The van der Waals surface area contributed by atoms with Crippen molar-refractivity contribution in [3.05, 3.63) is 30.5 Å². The minimum absolute atomic E-state index is 0.277. The maximum Gasteiger partial charge on any atom is 0.226 e. The molecule has 4 nitrogen and oxygen atoms in total. The summed E-state index contributed by atoms with van der Waals surface area (Å²) in [4.78, 5) is 11.0. The van der Waals surface area contributed by atoms with Crippen LogP contribution < -0.4 is 4.90 Å². The van der Waals surface area contributed by atoms with E-state index in [9.17, 15) is 0 Å². The van der Waals surface area contributed by atoms with Crippen molar-refractivity contribution in [1.29, 1.82) is 5.26 Å². The summed E-state index contributed by atoms with van der Waals surface area (Å²) in [5.41, 5.74) is 0.935. The quantitative estimate of drug-likeness (QED) is 0.824. The van der Waals surface area contributed by atoms with Gasteiger partial charge in [0.1, 0.15) is 0 Å². The van der Waals surface area contributed by atoms with Crippen molar-refractivity contribution >= 4 is 16.9 Å². The largest absolute Gasteiger partial charge is 0.337 e. The number of nitrogens with zero attached hydrogens (tertiary/aromatic N) is 4. The summed E-state index contributed by atoms with van der Waals surface area (Å²) in [6.45, 7) is 4.82. The van der Waals surface area contributed by atoms with Gasteiger partial charge in [-0.3, -0.25) is 0 Å². The Morgan fingerprint density at radius 3 is 2.83 bits per heavy atom. The third-order valence-corrected chi connectivity index (χ3v) is 2.82. The van der Waals surface area contributed by atoms with E-state index in [-0.39, 0.29) is 6.04 Å². The number of anilines is 1. The molecule has 0 saturated carbocycles. The monoisotopic (exact) mass is 240 g/mol. The lowest BCUT2D eigenvalue weighted by atomic mass is 10.2. The fourth-order valence-electron chi connectivity index (χ4n) is 1.86. The first-order valence-corrected chi connectivity index (χ1v) is 6.07. The molecule has 0 amide bonds. The standard InChI is InChI=1S/C14H16N4/c1-11(2)18(9-5-8-15)14-16-10-12-6-3-4-7-13(12)17-14/h3-4,6-7,10-11H,5,9H2,1-2H3. The first-order chi connectivity index (χ1) is 8.72. The van der Waals surface area contributed by atoms with E-state index in [1.807, 2.05) is 30.5 Å². The molecule has 0 aliphatic heterocycles. The highest BCUT2D eigenvalue weighted by atomic mass is 15.3. The molecule has 1 aromatic heterocycles. The lowest BCUT2D eigenvalue weighted by Gasteiger charge is -2.25. The van der Waals surface area contributed by atoms with Gasteiger partial charge < -0.3 is 4.90 Å². The van der Waals surface area contributed by atoms with Gasteiger partial charge in [-0.25, -0.2) is 9.97 Å². The number of para-hydroxylation sites is 1. The van der Waals surface area contributed by atoms with Gasteiger partial charge in [0, 0.05) is 24.2 Å². The highest BCUT2D eigenvalue weighted by Crippen LogP contribution is 2.16. The minimum atomic E-state index is 0.277. The molecular formula is C14H16N4. The summed E-state index contributed by atoms with van der Waals surface area (Å²) >= 11 is 0. The van der Waals surface area contributed by atoms with Crippen molar-refractivity contribution in [2.45, 2.75) is 26.3 Å². The summed E-state index contributed by atoms with van der Waals surface area (Å²) in [5, 5.41) is 9.73. The van der Waals surface area contributed by atoms with Gasteiger partial charge in [-0.1, -0.05) is 18.2 Å². The average molecular weight is 240 g/mol. The van der Waals surface area contributed by atoms with E-state index in [1.54, 1.807) is 0 Å². The smallest absolute Gasteiger partial charge is 0.226 e. The molecule has 0 saturated heterocycles. The van der Waals surface area contributed by atoms with Gasteiger partial charge in [-0.05, 0) is 19.9 Å². The molecule has 1 heterocycles. The predicted octanol–water partition coefficient (Wildman–Crippen LogP) is 2.76. The summed E-state index contributed by atoms with van der Waals surface area (Å²) in [6.07, 6.45) is 2.31. The second-order valence-corrected chi connectivity index (χ2v) is 4.42. The van der Waals surface area contributed by atoms with E-state index in [4.69, 9.17) is 5.26 Å². The van der Waals surface area contributed by atoms with Crippen LogP contribution in [0.5, 0.6) is 0 Å². The SMILES string of the molecule is CC(C)N(CCC#N)c1ncc2ccccc2n1. The van der Waals surface area contributed by atoms with Gasteiger partial charge in [-0.2, -0.15) is 5.26 Å². The lowest BCUT2D eigenvalue weighted by Crippen LogP contribution is -2.33. The van der Waals surface area contributed by atoms with E-state index in [0.717, 1.165) is 10.9 Å². The first-order valence-electron chi connectivity index (χ1n) is 6.07. The van der Waals surface area contributed by atoms with Crippen LogP contribution in [0.3, 0.4) is 0 Å². The molecule has 92 valence electrons. The molecule has 0 spiro atoms. The van der Waals surface area contributed by atoms with Gasteiger partial charge in [0.2, 0.25) is 5.95 Å². The maximum absolute atomic E-state index is 8.70. The molecule has 0 N–H and O–H groups in total. The Labute approximate surface area is 107 Å². The third kappa shape index (κ3) is 2.57. The highest BCUT2D eigenvalue weighted by Gasteiger charge is 2.13. The van der Waals surface area contributed by atoms with Crippen molar-refractivity contribution in [2.24, 2.45) is 0 Å². The molecule has 2 rings (SSSR count). The summed E-state index contributed by atoms with van der Waals surface area (Å²) in [7, 11) is 0. The number of fused-ring (bicyclic) bond motifs is 1. The average Bonchev–Trinajstić information content (AvgIpc) is 2.38. The normalized spacial score (nSPS) is 10.6. The molecule has 0 radical (unpaired) electrons. The number of aromatic nitrogens is 2. The van der Waals surface area contributed by atoms with Crippen molar-refractivity contribution in [2.75, 3.05) is 11.4 Å². The van der Waals surface area contributed by atoms with E-state index in [1.165, 1.54) is 0 Å². The second-order valence-electron chi connectivity index (χ2n) is 4.42. The Morgan fingerprint density at radius 1 is 1.33 bits per heavy atom. The topological polar surface area (TPSA) is 52.8 Å². The van der Waals surface area contributed by atoms with Gasteiger partial charge in [0.15, 0.2) is 0 Å². The fraction of sp³-hybridized carbons (Fsp3) is 0.357. The van der Waals surface area contributed by atoms with Crippen LogP contribution in [0.25, 0.3) is 10.9 Å². The van der Waals surface area contributed by atoms with Crippen LogP contribution in [0.4, 0.5) is 5.95 Å². The van der Waals surface area contributed by atoms with Crippen LogP contribution in [-0.4, -0.2) is 22.6 Å². The molecular weight excluding hydrogens is 224 g/mol. The summed E-state index contributed by atoms with van der Waals surface area (Å²) in [5.74, 6) is 0.693. The van der Waals surface area contributed by atoms with Gasteiger partial charge in [0.05, 0.1) is 18.0 Å². The van der Waals surface area contributed by atoms with Gasteiger partial charge in [-0.15, -0.1) is 0 Å². The molecule has 0 atom stereocenters. The van der Waals surface area contributed by atoms with Crippen LogP contribution in [0.2, 0.25) is 0 Å². The molecule has 4 heteroatoms. The molecule has 0 aliphatic rings. The van der Waals surface area contributed by atoms with Crippen molar-refractivity contribution < 1.29 is 0 Å². The number of benzene rings is 1. The first kappa shape index (κ1) is 12.3. The second kappa shape index (κ2) is 5.46. The fourth-order valence-corrected chi connectivity index (χ4v) is 1.86. The van der Waals surface area contributed by atoms with Gasteiger partial charge in [0.25, 0.3) is 0 Å². The molecule has 0 fully saturated rings. The molecule has 18 heavy (non-hydrogen) atoms. The van der Waals surface area contributed by atoms with Gasteiger partial charge >= 0.3 is 0 Å². The molecule has 0 unspecified atom stereocenters. The summed E-state index contributed by atoms with van der Waals surface area (Å²) in [6, 6.07) is 10.3. The van der Waals surface area contributed by atoms with Crippen molar-refractivity contribution in [3.8, 4) is 6.07 Å². The minimum Gasteiger partial charge on any atom is -0.337 e. The predicted molar refractivity (Wildman–Crippen MR) is 72.3 cm³/mol. The van der Waals surface area contributed by atoms with Crippen LogP contribution in [0.1, 0.15) is 20.3 Å². The molecule has 0 bridgehead atoms. The molecule has 0 aliphatic carbocycles. The number of hydrogen-bond donors (Lipinski definition) is 0. The third-order valence-electron chi connectivity index (χ3n) is 2.82. The molecule has 1 aromatic carbocycles. The van der Waals surface area contributed by atoms with Crippen LogP contribution in [-0.2, 0) is 0 Å². The Morgan fingerprint density at radius 2 is 2.11 bits per heavy atom. The van der Waals surface area contributed by atoms with Crippen molar-refractivity contribution in [1.82, 2.24) is 9.97 Å². The van der Waals surface area contributed by atoms with E-state index < -0.39 is 0 Å². The van der Waals surface area contributed by atoms with Crippen LogP contribution >= 0.6 is 0 Å².